The molecule has 0 aromatic heterocycles. The van der Waals surface area contributed by atoms with Crippen LogP contribution >= 0.6 is 0 Å². The Kier molecular flexibility index (Phi) is 2.97. The van der Waals surface area contributed by atoms with Crippen molar-refractivity contribution < 1.29 is 0 Å². The van der Waals surface area contributed by atoms with Gasteiger partial charge in [0, 0.05) is 5.41 Å². The molecule has 0 heteroatoms. The molecule has 0 aliphatic heterocycles. The van der Waals surface area contributed by atoms with Crippen molar-refractivity contribution >= 4 is 10.8 Å². The summed E-state index contributed by atoms with van der Waals surface area (Å²) in [7, 11) is 0. The second-order valence-electron chi connectivity index (χ2n) is 7.74. The van der Waals surface area contributed by atoms with E-state index < -0.39 is 0 Å². The summed E-state index contributed by atoms with van der Waals surface area (Å²) < 4.78 is 0. The molecule has 23 heavy (non-hydrogen) atoms. The summed E-state index contributed by atoms with van der Waals surface area (Å²) in [5.74, 6) is 0.561. The molecule has 0 saturated heterocycles. The van der Waals surface area contributed by atoms with Gasteiger partial charge in [-0.05, 0) is 57.0 Å². The highest BCUT2D eigenvalue weighted by Crippen LogP contribution is 2.49. The molecule has 0 unspecified atom stereocenters. The van der Waals surface area contributed by atoms with E-state index in [9.17, 15) is 0 Å². The third kappa shape index (κ3) is 1.91. The zero-order valence-corrected chi connectivity index (χ0v) is 14.7. The fourth-order valence-electron chi connectivity index (χ4n) is 4.12. The van der Waals surface area contributed by atoms with E-state index >= 15 is 0 Å². The molecular formula is C23H24. The number of benzene rings is 3. The van der Waals surface area contributed by atoms with Gasteiger partial charge in [-0.1, -0.05) is 76.2 Å². The van der Waals surface area contributed by atoms with E-state index in [2.05, 4.69) is 83.1 Å². The zero-order valence-electron chi connectivity index (χ0n) is 14.7. The molecule has 0 atom stereocenters. The van der Waals surface area contributed by atoms with Crippen LogP contribution in [0, 0.1) is 6.92 Å². The van der Waals surface area contributed by atoms with E-state index in [1.807, 2.05) is 0 Å². The molecule has 0 nitrogen and oxygen atoms in total. The largest absolute Gasteiger partial charge is 0.0610 e. The Labute approximate surface area is 139 Å². The summed E-state index contributed by atoms with van der Waals surface area (Å²) in [5.41, 5.74) is 8.56. The van der Waals surface area contributed by atoms with Crippen molar-refractivity contribution in [1.29, 1.82) is 0 Å². The Hall–Kier alpha value is -2.08. The highest BCUT2D eigenvalue weighted by molar-refractivity contribution is 6.04. The number of rotatable bonds is 1. The van der Waals surface area contributed by atoms with E-state index in [1.54, 1.807) is 0 Å². The minimum absolute atomic E-state index is 0.0422. The van der Waals surface area contributed by atoms with Crippen LogP contribution in [0.3, 0.4) is 0 Å². The predicted octanol–water partition coefficient (Wildman–Crippen LogP) is 6.58. The van der Waals surface area contributed by atoms with E-state index in [4.69, 9.17) is 0 Å². The first kappa shape index (κ1) is 14.5. The smallest absolute Gasteiger partial charge is 0.0159 e. The lowest BCUT2D eigenvalue weighted by molar-refractivity contribution is 0.642. The molecule has 0 radical (unpaired) electrons. The van der Waals surface area contributed by atoms with Gasteiger partial charge in [-0.3, -0.25) is 0 Å². The molecule has 4 rings (SSSR count). The molecule has 3 aromatic rings. The van der Waals surface area contributed by atoms with E-state index in [1.165, 1.54) is 44.2 Å². The predicted molar refractivity (Wildman–Crippen MR) is 100 cm³/mol. The van der Waals surface area contributed by atoms with Gasteiger partial charge in [0.25, 0.3) is 0 Å². The maximum atomic E-state index is 2.43. The van der Waals surface area contributed by atoms with Gasteiger partial charge in [0.15, 0.2) is 0 Å². The van der Waals surface area contributed by atoms with Crippen molar-refractivity contribution in [2.45, 2.75) is 46.0 Å². The monoisotopic (exact) mass is 300 g/mol. The Balaban J connectivity index is 2.16. The number of aryl methyl sites for hydroxylation is 1. The van der Waals surface area contributed by atoms with Crippen molar-refractivity contribution in [2.24, 2.45) is 0 Å². The summed E-state index contributed by atoms with van der Waals surface area (Å²) >= 11 is 0. The second kappa shape index (κ2) is 4.71. The molecule has 3 aromatic carbocycles. The Morgan fingerprint density at radius 2 is 1.61 bits per heavy atom. The summed E-state index contributed by atoms with van der Waals surface area (Å²) in [6, 6.07) is 18.4. The highest BCUT2D eigenvalue weighted by Gasteiger charge is 2.33. The normalized spacial score (nSPS) is 15.0. The van der Waals surface area contributed by atoms with Crippen LogP contribution in [0.5, 0.6) is 0 Å². The average Bonchev–Trinajstić information content (AvgIpc) is 2.53. The quantitative estimate of drug-likeness (QED) is 0.476. The molecule has 0 spiro atoms. The van der Waals surface area contributed by atoms with Crippen molar-refractivity contribution in [1.82, 2.24) is 0 Å². The Bertz CT molecular complexity index is 926. The lowest BCUT2D eigenvalue weighted by Crippen LogP contribution is -2.24. The van der Waals surface area contributed by atoms with Gasteiger partial charge < -0.3 is 0 Å². The molecule has 0 bridgehead atoms. The maximum absolute atomic E-state index is 2.43. The van der Waals surface area contributed by atoms with Crippen molar-refractivity contribution in [3.8, 4) is 11.1 Å². The lowest BCUT2D eigenvalue weighted by atomic mass is 9.67. The van der Waals surface area contributed by atoms with Gasteiger partial charge in [0.05, 0.1) is 0 Å². The van der Waals surface area contributed by atoms with Gasteiger partial charge in [0.2, 0.25) is 0 Å². The van der Waals surface area contributed by atoms with Crippen LogP contribution in [0.4, 0.5) is 0 Å². The van der Waals surface area contributed by atoms with Crippen LogP contribution in [-0.2, 0) is 5.41 Å². The maximum Gasteiger partial charge on any atom is 0.0159 e. The zero-order chi connectivity index (χ0) is 16.4. The fourth-order valence-corrected chi connectivity index (χ4v) is 4.12. The van der Waals surface area contributed by atoms with Crippen LogP contribution in [0.15, 0.2) is 48.5 Å². The molecular weight excluding hydrogens is 276 g/mol. The topological polar surface area (TPSA) is 0 Å². The first-order chi connectivity index (χ1) is 10.9. The minimum Gasteiger partial charge on any atom is -0.0610 e. The average molecular weight is 300 g/mol. The Morgan fingerprint density at radius 3 is 2.35 bits per heavy atom. The van der Waals surface area contributed by atoms with Gasteiger partial charge in [-0.15, -0.1) is 0 Å². The van der Waals surface area contributed by atoms with Crippen LogP contribution in [0.25, 0.3) is 21.9 Å². The number of hydrogen-bond acceptors (Lipinski definition) is 0. The van der Waals surface area contributed by atoms with Gasteiger partial charge >= 0.3 is 0 Å². The van der Waals surface area contributed by atoms with E-state index in [-0.39, 0.29) is 5.41 Å². The summed E-state index contributed by atoms with van der Waals surface area (Å²) in [6.45, 7) is 11.5. The van der Waals surface area contributed by atoms with E-state index in [0.717, 1.165) is 0 Å². The Morgan fingerprint density at radius 1 is 0.826 bits per heavy atom. The van der Waals surface area contributed by atoms with Crippen LogP contribution < -0.4 is 0 Å². The fraction of sp³-hybridized carbons (Fsp3) is 0.304. The molecule has 0 N–H and O–H groups in total. The second-order valence-corrected chi connectivity index (χ2v) is 7.74. The van der Waals surface area contributed by atoms with Gasteiger partial charge in [-0.25, -0.2) is 0 Å². The van der Waals surface area contributed by atoms with Crippen LogP contribution in [0.1, 0.15) is 55.9 Å². The van der Waals surface area contributed by atoms with Crippen LogP contribution in [-0.4, -0.2) is 0 Å². The summed E-state index contributed by atoms with van der Waals surface area (Å²) in [6.07, 6.45) is 0. The van der Waals surface area contributed by atoms with Crippen molar-refractivity contribution in [3.05, 3.63) is 70.8 Å². The molecule has 1 aliphatic carbocycles. The third-order valence-corrected chi connectivity index (χ3v) is 5.61. The first-order valence-electron chi connectivity index (χ1n) is 8.59. The number of fused-ring (bicyclic) bond motifs is 2. The number of hydrogen-bond donors (Lipinski definition) is 0. The summed E-state index contributed by atoms with van der Waals surface area (Å²) in [5, 5.41) is 2.84. The summed E-state index contributed by atoms with van der Waals surface area (Å²) in [4.78, 5) is 0. The van der Waals surface area contributed by atoms with E-state index in [0.29, 0.717) is 5.92 Å². The third-order valence-electron chi connectivity index (χ3n) is 5.61. The minimum atomic E-state index is 0.0422. The standard InChI is InChI=1S/C23H24/c1-14(2)16-10-11-18-19-8-6-7-17-15(3)9-12-20(22(17)19)23(4,5)21(18)13-16/h6-14H,1-5H3. The molecule has 0 saturated carbocycles. The van der Waals surface area contributed by atoms with Gasteiger partial charge in [-0.2, -0.15) is 0 Å². The van der Waals surface area contributed by atoms with Crippen molar-refractivity contribution in [3.63, 3.8) is 0 Å². The van der Waals surface area contributed by atoms with Crippen LogP contribution in [0.2, 0.25) is 0 Å². The first-order valence-corrected chi connectivity index (χ1v) is 8.59. The molecule has 0 amide bonds. The lowest BCUT2D eigenvalue weighted by Gasteiger charge is -2.36. The molecule has 0 fully saturated rings. The highest BCUT2D eigenvalue weighted by atomic mass is 14.4. The SMILES string of the molecule is Cc1ccc2c3c(cccc13)-c1ccc(C(C)C)cc1C2(C)C. The molecule has 0 heterocycles. The van der Waals surface area contributed by atoms with Crippen molar-refractivity contribution in [2.75, 3.05) is 0 Å². The van der Waals surface area contributed by atoms with Gasteiger partial charge in [0.1, 0.15) is 0 Å². The molecule has 1 aliphatic rings. The molecule has 116 valence electrons.